The first kappa shape index (κ1) is 25.7. The molecule has 0 spiro atoms. The number of hydrogen-bond acceptors (Lipinski definition) is 5. The molecule has 0 bridgehead atoms. The molecule has 0 saturated carbocycles. The molecule has 188 valence electrons. The summed E-state index contributed by atoms with van der Waals surface area (Å²) in [5.41, 5.74) is 8.01. The minimum Gasteiger partial charge on any atom is -0.506 e. The van der Waals surface area contributed by atoms with Gasteiger partial charge in [-0.2, -0.15) is 0 Å². The summed E-state index contributed by atoms with van der Waals surface area (Å²) in [7, 11) is 0. The number of fused-ring (bicyclic) bond motifs is 1. The van der Waals surface area contributed by atoms with Crippen molar-refractivity contribution < 1.29 is 14.7 Å². The molecule has 0 radical (unpaired) electrons. The molecular weight excluding hydrogens is 488 g/mol. The summed E-state index contributed by atoms with van der Waals surface area (Å²) in [6.45, 7) is 3.11. The number of phenolic OH excluding ortho intramolecular Hbond substituents is 1. The first-order chi connectivity index (χ1) is 17.9. The van der Waals surface area contributed by atoms with Crippen molar-refractivity contribution in [2.75, 3.05) is 31.1 Å². The lowest BCUT2D eigenvalue weighted by Gasteiger charge is -2.36. The molecule has 0 unspecified atom stereocenters. The monoisotopic (exact) mass is 514 g/mol. The summed E-state index contributed by atoms with van der Waals surface area (Å²) >= 11 is 5.50. The van der Waals surface area contributed by atoms with Crippen LogP contribution in [0, 0.1) is 5.41 Å². The van der Waals surface area contributed by atoms with E-state index in [2.05, 4.69) is 17.0 Å². The number of nitrogens with zero attached hydrogens (tertiary/aromatic N) is 2. The topological polar surface area (TPSA) is 111 Å². The number of phenols is 1. The minimum absolute atomic E-state index is 0.0586. The Hall–Kier alpha value is -4.36. The fraction of sp³-hybridized carbons (Fsp3) is 0.138. The van der Waals surface area contributed by atoms with Crippen LogP contribution in [0.2, 0.25) is 5.02 Å². The number of halogens is 1. The van der Waals surface area contributed by atoms with Gasteiger partial charge in [0, 0.05) is 49.2 Å². The van der Waals surface area contributed by atoms with Gasteiger partial charge >= 0.3 is 0 Å². The Morgan fingerprint density at radius 2 is 1.51 bits per heavy atom. The number of nitrogens with two attached hydrogens (primary N) is 1. The molecule has 8 heteroatoms. The SMILES string of the molecule is N=Cc1ccc(C(=O)N2CCN(c3ccccc3)CC2)c2ccccc12.NC(=O)c1ccc(O)c(Cl)c1. The third-order valence-corrected chi connectivity index (χ3v) is 6.57. The van der Waals surface area contributed by atoms with Crippen LogP contribution in [-0.2, 0) is 0 Å². The molecule has 4 aromatic rings. The number of benzene rings is 4. The maximum atomic E-state index is 13.1. The van der Waals surface area contributed by atoms with Crippen LogP contribution in [0.15, 0.2) is 84.9 Å². The number of hydrogen-bond donors (Lipinski definition) is 3. The predicted octanol–water partition coefficient (Wildman–Crippen LogP) is 4.94. The smallest absolute Gasteiger partial charge is 0.254 e. The Bertz CT molecular complexity index is 1430. The maximum Gasteiger partial charge on any atom is 0.254 e. The Labute approximate surface area is 220 Å². The highest BCUT2D eigenvalue weighted by Gasteiger charge is 2.23. The molecule has 1 saturated heterocycles. The number of rotatable bonds is 4. The van der Waals surface area contributed by atoms with Crippen molar-refractivity contribution in [3.63, 3.8) is 0 Å². The van der Waals surface area contributed by atoms with Gasteiger partial charge in [-0.15, -0.1) is 0 Å². The summed E-state index contributed by atoms with van der Waals surface area (Å²) in [4.78, 5) is 27.9. The number of aromatic hydroxyl groups is 1. The van der Waals surface area contributed by atoms with E-state index in [1.54, 1.807) is 0 Å². The number of carbonyl (C=O) groups excluding carboxylic acids is 2. The van der Waals surface area contributed by atoms with Crippen LogP contribution in [0.3, 0.4) is 0 Å². The molecule has 7 nitrogen and oxygen atoms in total. The van der Waals surface area contributed by atoms with Crippen molar-refractivity contribution in [1.82, 2.24) is 4.90 Å². The highest BCUT2D eigenvalue weighted by Crippen LogP contribution is 2.25. The van der Waals surface area contributed by atoms with Gasteiger partial charge in [-0.3, -0.25) is 9.59 Å². The summed E-state index contributed by atoms with van der Waals surface area (Å²) in [5.74, 6) is -0.547. The van der Waals surface area contributed by atoms with Crippen LogP contribution < -0.4 is 10.6 Å². The van der Waals surface area contributed by atoms with Crippen molar-refractivity contribution in [2.24, 2.45) is 5.73 Å². The van der Waals surface area contributed by atoms with E-state index in [1.165, 1.54) is 30.1 Å². The number of amides is 2. The molecule has 0 atom stereocenters. The van der Waals surface area contributed by atoms with Crippen molar-refractivity contribution in [3.05, 3.63) is 107 Å². The first-order valence-electron chi connectivity index (χ1n) is 11.8. The van der Waals surface area contributed by atoms with E-state index in [0.29, 0.717) is 13.1 Å². The number of piperazine rings is 1. The zero-order valence-electron chi connectivity index (χ0n) is 20.1. The third-order valence-electron chi connectivity index (χ3n) is 6.26. The van der Waals surface area contributed by atoms with Gasteiger partial charge in [-0.25, -0.2) is 0 Å². The summed E-state index contributed by atoms with van der Waals surface area (Å²) < 4.78 is 0. The average Bonchev–Trinajstić information content (AvgIpc) is 2.94. The van der Waals surface area contributed by atoms with Gasteiger partial charge in [-0.1, -0.05) is 60.1 Å². The molecule has 4 N–H and O–H groups in total. The highest BCUT2D eigenvalue weighted by molar-refractivity contribution is 6.32. The lowest BCUT2D eigenvalue weighted by Crippen LogP contribution is -2.48. The molecule has 1 fully saturated rings. The normalized spacial score (nSPS) is 13.0. The second-order valence-electron chi connectivity index (χ2n) is 8.54. The second-order valence-corrected chi connectivity index (χ2v) is 8.94. The minimum atomic E-state index is -0.563. The van der Waals surface area contributed by atoms with Crippen molar-refractivity contribution in [1.29, 1.82) is 5.41 Å². The van der Waals surface area contributed by atoms with Crippen LogP contribution in [0.1, 0.15) is 26.3 Å². The van der Waals surface area contributed by atoms with Gasteiger partial charge in [0.2, 0.25) is 5.91 Å². The van der Waals surface area contributed by atoms with Gasteiger partial charge < -0.3 is 26.0 Å². The van der Waals surface area contributed by atoms with Crippen LogP contribution in [0.4, 0.5) is 5.69 Å². The maximum absolute atomic E-state index is 13.1. The Kier molecular flexibility index (Phi) is 8.05. The molecule has 37 heavy (non-hydrogen) atoms. The quantitative estimate of drug-likeness (QED) is 0.335. The zero-order chi connectivity index (χ0) is 26.4. The van der Waals surface area contributed by atoms with Gasteiger partial charge in [0.05, 0.1) is 5.02 Å². The van der Waals surface area contributed by atoms with Gasteiger partial charge in [0.25, 0.3) is 5.91 Å². The Morgan fingerprint density at radius 1 is 0.865 bits per heavy atom. The van der Waals surface area contributed by atoms with Crippen LogP contribution >= 0.6 is 11.6 Å². The molecule has 1 heterocycles. The lowest BCUT2D eigenvalue weighted by molar-refractivity contribution is 0.0748. The zero-order valence-corrected chi connectivity index (χ0v) is 20.9. The molecule has 1 aliphatic rings. The van der Waals surface area contributed by atoms with Gasteiger partial charge in [0.15, 0.2) is 0 Å². The molecule has 4 aromatic carbocycles. The third kappa shape index (κ3) is 5.90. The lowest BCUT2D eigenvalue weighted by atomic mass is 9.99. The molecule has 0 aromatic heterocycles. The van der Waals surface area contributed by atoms with E-state index in [-0.39, 0.29) is 22.2 Å². The summed E-state index contributed by atoms with van der Waals surface area (Å²) in [6.07, 6.45) is 1.34. The van der Waals surface area contributed by atoms with E-state index in [0.717, 1.165) is 35.0 Å². The van der Waals surface area contributed by atoms with Crippen molar-refractivity contribution >= 4 is 46.1 Å². The number of primary amides is 1. The standard InChI is InChI=1S/C22H21N3O.C7H6ClNO2/c23-16-17-10-11-21(20-9-5-4-8-19(17)20)22(26)25-14-12-24(13-15-25)18-6-2-1-3-7-18;8-5-3-4(7(9)11)1-2-6(5)10/h1-11,16,23H,12-15H2;1-3,10H,(H2,9,11). The predicted molar refractivity (Wildman–Crippen MR) is 148 cm³/mol. The summed E-state index contributed by atoms with van der Waals surface area (Å²) in [5, 5.41) is 18.5. The Balaban J connectivity index is 0.000000245. The first-order valence-corrected chi connectivity index (χ1v) is 12.2. The number of para-hydroxylation sites is 1. The van der Waals surface area contributed by atoms with Crippen LogP contribution in [0.25, 0.3) is 10.8 Å². The molecular formula is C29H27ClN4O3. The second kappa shape index (κ2) is 11.6. The number of anilines is 1. The van der Waals surface area contributed by atoms with E-state index < -0.39 is 5.91 Å². The largest absolute Gasteiger partial charge is 0.506 e. The molecule has 1 aliphatic heterocycles. The van der Waals surface area contributed by atoms with E-state index in [9.17, 15) is 9.59 Å². The average molecular weight is 515 g/mol. The Morgan fingerprint density at radius 3 is 2.14 bits per heavy atom. The fourth-order valence-electron chi connectivity index (χ4n) is 4.27. The van der Waals surface area contributed by atoms with Crippen LogP contribution in [0.5, 0.6) is 5.75 Å². The van der Waals surface area contributed by atoms with E-state index in [4.69, 9.17) is 27.9 Å². The fourth-order valence-corrected chi connectivity index (χ4v) is 4.45. The van der Waals surface area contributed by atoms with Gasteiger partial charge in [-0.05, 0) is 52.7 Å². The number of nitrogens with one attached hydrogen (secondary N) is 1. The molecule has 2 amide bonds. The highest BCUT2D eigenvalue weighted by atomic mass is 35.5. The van der Waals surface area contributed by atoms with Gasteiger partial charge in [0.1, 0.15) is 5.75 Å². The van der Waals surface area contributed by atoms with E-state index >= 15 is 0 Å². The molecule has 0 aliphatic carbocycles. The summed E-state index contributed by atoms with van der Waals surface area (Å²) in [6, 6.07) is 25.9. The van der Waals surface area contributed by atoms with E-state index in [1.807, 2.05) is 59.5 Å². The molecule has 5 rings (SSSR count). The number of carbonyl (C=O) groups is 2. The van der Waals surface area contributed by atoms with Crippen LogP contribution in [-0.4, -0.2) is 54.2 Å². The van der Waals surface area contributed by atoms with Crippen molar-refractivity contribution in [2.45, 2.75) is 0 Å². The van der Waals surface area contributed by atoms with Crippen molar-refractivity contribution in [3.8, 4) is 5.75 Å².